The Kier molecular flexibility index (Phi) is 4.12. The highest BCUT2D eigenvalue weighted by Gasteiger charge is 2.18. The summed E-state index contributed by atoms with van der Waals surface area (Å²) in [6, 6.07) is 11.4. The number of carbonyl (C=O) groups is 1. The molecule has 4 heteroatoms. The fourth-order valence-corrected chi connectivity index (χ4v) is 2.69. The first kappa shape index (κ1) is 13.5. The summed E-state index contributed by atoms with van der Waals surface area (Å²) in [6.07, 6.45) is 1.52. The fraction of sp³-hybridized carbons (Fsp3) is 0.133. The maximum atomic E-state index is 11.6. The van der Waals surface area contributed by atoms with E-state index in [4.69, 9.17) is 4.42 Å². The third-order valence-corrected chi connectivity index (χ3v) is 3.58. The summed E-state index contributed by atoms with van der Waals surface area (Å²) in [5, 5.41) is 10.3. The third-order valence-electron chi connectivity index (χ3n) is 2.57. The van der Waals surface area contributed by atoms with Crippen LogP contribution in [0.3, 0.4) is 0 Å². The van der Waals surface area contributed by atoms with Crippen LogP contribution in [0.15, 0.2) is 62.8 Å². The van der Waals surface area contributed by atoms with E-state index >= 15 is 0 Å². The molecule has 1 N–H and O–H groups in total. The van der Waals surface area contributed by atoms with Crippen LogP contribution in [0.2, 0.25) is 0 Å². The van der Waals surface area contributed by atoms with Crippen LogP contribution in [-0.4, -0.2) is 10.9 Å². The van der Waals surface area contributed by atoms with Crippen LogP contribution in [0.4, 0.5) is 0 Å². The zero-order chi connectivity index (χ0) is 13.8. The standard InChI is InChI=1S/C15H14O3S/c1-10(16)14(11(2)17)13-8-9-18-15(13)19-12-6-4-3-5-7-12/h3-9,16H,1-2H3/b14-10+. The summed E-state index contributed by atoms with van der Waals surface area (Å²) >= 11 is 1.42. The van der Waals surface area contributed by atoms with E-state index in [9.17, 15) is 9.90 Å². The first-order valence-electron chi connectivity index (χ1n) is 5.81. The Hall–Kier alpha value is -1.94. The molecule has 0 aliphatic heterocycles. The van der Waals surface area contributed by atoms with E-state index < -0.39 is 0 Å². The van der Waals surface area contributed by atoms with Crippen LogP contribution in [0, 0.1) is 0 Å². The van der Waals surface area contributed by atoms with Gasteiger partial charge in [0.05, 0.1) is 11.8 Å². The maximum Gasteiger partial charge on any atom is 0.172 e. The van der Waals surface area contributed by atoms with Crippen molar-refractivity contribution in [3.63, 3.8) is 0 Å². The Balaban J connectivity index is 2.38. The van der Waals surface area contributed by atoms with Crippen molar-refractivity contribution >= 4 is 23.1 Å². The van der Waals surface area contributed by atoms with Crippen LogP contribution in [0.1, 0.15) is 19.4 Å². The van der Waals surface area contributed by atoms with Crippen LogP contribution in [0.25, 0.3) is 5.57 Å². The second kappa shape index (κ2) is 5.80. The van der Waals surface area contributed by atoms with E-state index in [1.807, 2.05) is 30.3 Å². The Labute approximate surface area is 115 Å². The molecule has 2 aromatic rings. The zero-order valence-corrected chi connectivity index (χ0v) is 11.5. The van der Waals surface area contributed by atoms with Gasteiger partial charge in [0.25, 0.3) is 0 Å². The van der Waals surface area contributed by atoms with Gasteiger partial charge in [0.1, 0.15) is 5.76 Å². The van der Waals surface area contributed by atoms with Gasteiger partial charge in [-0.2, -0.15) is 0 Å². The maximum absolute atomic E-state index is 11.6. The van der Waals surface area contributed by atoms with E-state index in [0.717, 1.165) is 4.90 Å². The smallest absolute Gasteiger partial charge is 0.172 e. The average Bonchev–Trinajstić information content (AvgIpc) is 2.78. The van der Waals surface area contributed by atoms with E-state index in [0.29, 0.717) is 16.2 Å². The number of ketones is 1. The summed E-state index contributed by atoms with van der Waals surface area (Å²) in [5.41, 5.74) is 0.925. The summed E-state index contributed by atoms with van der Waals surface area (Å²) in [7, 11) is 0. The molecule has 0 saturated carbocycles. The Morgan fingerprint density at radius 1 is 1.16 bits per heavy atom. The molecule has 0 spiro atoms. The number of benzene rings is 1. The van der Waals surface area contributed by atoms with Crippen molar-refractivity contribution in [3.8, 4) is 0 Å². The molecule has 1 aromatic heterocycles. The molecule has 0 saturated heterocycles. The number of aliphatic hydroxyl groups is 1. The topological polar surface area (TPSA) is 50.4 Å². The van der Waals surface area contributed by atoms with Crippen LogP contribution in [-0.2, 0) is 4.79 Å². The fourth-order valence-electron chi connectivity index (χ4n) is 1.79. The van der Waals surface area contributed by atoms with Gasteiger partial charge >= 0.3 is 0 Å². The minimum absolute atomic E-state index is 0.00353. The average molecular weight is 274 g/mol. The molecule has 2 rings (SSSR count). The number of hydrogen-bond donors (Lipinski definition) is 1. The van der Waals surface area contributed by atoms with Crippen LogP contribution < -0.4 is 0 Å². The van der Waals surface area contributed by atoms with Gasteiger partial charge in [0.15, 0.2) is 10.9 Å². The lowest BCUT2D eigenvalue weighted by molar-refractivity contribution is -0.111. The first-order valence-corrected chi connectivity index (χ1v) is 6.62. The molecule has 0 unspecified atom stereocenters. The molecule has 0 amide bonds. The minimum atomic E-state index is -0.184. The highest BCUT2D eigenvalue weighted by molar-refractivity contribution is 7.99. The van der Waals surface area contributed by atoms with Crippen molar-refractivity contribution in [1.29, 1.82) is 0 Å². The zero-order valence-electron chi connectivity index (χ0n) is 10.7. The SMILES string of the molecule is CC(=O)/C(=C(/C)O)c1ccoc1Sc1ccccc1. The van der Waals surface area contributed by atoms with Crippen molar-refractivity contribution in [3.05, 3.63) is 54.0 Å². The Morgan fingerprint density at radius 3 is 2.42 bits per heavy atom. The number of hydrogen-bond acceptors (Lipinski definition) is 4. The largest absolute Gasteiger partial charge is 0.512 e. The van der Waals surface area contributed by atoms with Gasteiger partial charge in [0.2, 0.25) is 0 Å². The molecular weight excluding hydrogens is 260 g/mol. The summed E-state index contributed by atoms with van der Waals surface area (Å²) < 4.78 is 5.42. The van der Waals surface area contributed by atoms with Gasteiger partial charge in [-0.25, -0.2) is 0 Å². The minimum Gasteiger partial charge on any atom is -0.512 e. The van der Waals surface area contributed by atoms with Crippen LogP contribution >= 0.6 is 11.8 Å². The van der Waals surface area contributed by atoms with Gasteiger partial charge in [-0.1, -0.05) is 30.0 Å². The molecule has 0 radical (unpaired) electrons. The van der Waals surface area contributed by atoms with Crippen molar-refractivity contribution in [2.45, 2.75) is 23.8 Å². The van der Waals surface area contributed by atoms with Crippen molar-refractivity contribution in [2.75, 3.05) is 0 Å². The lowest BCUT2D eigenvalue weighted by atomic mass is 10.1. The van der Waals surface area contributed by atoms with Gasteiger partial charge in [-0.3, -0.25) is 4.79 Å². The normalized spacial score (nSPS) is 12.1. The van der Waals surface area contributed by atoms with Crippen LogP contribution in [0.5, 0.6) is 0 Å². The molecule has 0 bridgehead atoms. The second-order valence-corrected chi connectivity index (χ2v) is 5.10. The van der Waals surface area contributed by atoms with Gasteiger partial charge in [-0.05, 0) is 32.0 Å². The van der Waals surface area contributed by atoms with E-state index in [1.165, 1.54) is 31.9 Å². The molecule has 0 aliphatic carbocycles. The first-order chi connectivity index (χ1) is 9.09. The number of carbonyl (C=O) groups excluding carboxylic acids is 1. The molecule has 19 heavy (non-hydrogen) atoms. The second-order valence-electron chi connectivity index (χ2n) is 4.05. The molecule has 0 aliphatic rings. The van der Waals surface area contributed by atoms with Gasteiger partial charge in [0, 0.05) is 10.5 Å². The molecular formula is C15H14O3S. The third kappa shape index (κ3) is 3.09. The number of aliphatic hydroxyl groups excluding tert-OH is 1. The molecule has 98 valence electrons. The monoisotopic (exact) mass is 274 g/mol. The van der Waals surface area contributed by atoms with Crippen molar-refractivity contribution < 1.29 is 14.3 Å². The lowest BCUT2D eigenvalue weighted by Gasteiger charge is -2.05. The van der Waals surface area contributed by atoms with E-state index in [1.54, 1.807) is 6.07 Å². The molecule has 3 nitrogen and oxygen atoms in total. The molecule has 0 atom stereocenters. The summed E-state index contributed by atoms with van der Waals surface area (Å²) in [5.74, 6) is -0.180. The Morgan fingerprint density at radius 2 is 1.84 bits per heavy atom. The Bertz CT molecular complexity index is 607. The molecule has 1 aromatic carbocycles. The number of Topliss-reactive ketones (excluding diaryl/α,β-unsaturated/α-hetero) is 1. The predicted molar refractivity (Wildman–Crippen MR) is 75.2 cm³/mol. The van der Waals surface area contributed by atoms with Crippen molar-refractivity contribution in [2.24, 2.45) is 0 Å². The highest BCUT2D eigenvalue weighted by atomic mass is 32.2. The lowest BCUT2D eigenvalue weighted by Crippen LogP contribution is -1.99. The predicted octanol–water partition coefficient (Wildman–Crippen LogP) is 4.31. The highest BCUT2D eigenvalue weighted by Crippen LogP contribution is 2.35. The van der Waals surface area contributed by atoms with Gasteiger partial charge < -0.3 is 9.52 Å². The molecule has 1 heterocycles. The summed E-state index contributed by atoms with van der Waals surface area (Å²) in [4.78, 5) is 12.6. The number of furan rings is 1. The van der Waals surface area contributed by atoms with Crippen molar-refractivity contribution in [1.82, 2.24) is 0 Å². The number of rotatable bonds is 4. The van der Waals surface area contributed by atoms with Gasteiger partial charge in [-0.15, -0.1) is 0 Å². The number of allylic oxidation sites excluding steroid dienone is 2. The quantitative estimate of drug-likeness (QED) is 0.666. The molecule has 0 fully saturated rings. The van der Waals surface area contributed by atoms with E-state index in [-0.39, 0.29) is 11.5 Å². The van der Waals surface area contributed by atoms with E-state index in [2.05, 4.69) is 0 Å². The summed E-state index contributed by atoms with van der Waals surface area (Å²) in [6.45, 7) is 2.93.